The van der Waals surface area contributed by atoms with Gasteiger partial charge in [0.25, 0.3) is 0 Å². The van der Waals surface area contributed by atoms with Gasteiger partial charge in [-0.3, -0.25) is 4.79 Å². The molecule has 0 spiro atoms. The minimum Gasteiger partial charge on any atom is -0.376 e. The minimum absolute atomic E-state index is 0.105. The summed E-state index contributed by atoms with van der Waals surface area (Å²) in [6.07, 6.45) is 5.18. The lowest BCUT2D eigenvalue weighted by Crippen LogP contribution is -2.46. The number of nitrogens with zero attached hydrogens (tertiary/aromatic N) is 1. The molecule has 98 valence electrons. The fourth-order valence-electron chi connectivity index (χ4n) is 2.99. The maximum atomic E-state index is 12.3. The molecule has 2 unspecified atom stereocenters. The Morgan fingerprint density at radius 2 is 2.24 bits per heavy atom. The molecule has 1 amide bonds. The lowest BCUT2D eigenvalue weighted by atomic mass is 9.66. The standard InChI is InChI=1S/C13H24N2O2/c1-10-11(4-7-17-10)15(2)12(16)8-13(9-14)5-3-6-13/h10-11H,3-9,14H2,1-2H3. The van der Waals surface area contributed by atoms with Crippen LogP contribution in [0.4, 0.5) is 0 Å². The summed E-state index contributed by atoms with van der Waals surface area (Å²) in [4.78, 5) is 14.1. The van der Waals surface area contributed by atoms with Crippen LogP contribution in [0.2, 0.25) is 0 Å². The number of ether oxygens (including phenoxy) is 1. The highest BCUT2D eigenvalue weighted by Crippen LogP contribution is 2.43. The van der Waals surface area contributed by atoms with Gasteiger partial charge in [-0.1, -0.05) is 6.42 Å². The highest BCUT2D eigenvalue weighted by atomic mass is 16.5. The molecule has 0 bridgehead atoms. The van der Waals surface area contributed by atoms with E-state index in [1.807, 2.05) is 18.9 Å². The van der Waals surface area contributed by atoms with E-state index in [0.717, 1.165) is 25.9 Å². The maximum absolute atomic E-state index is 12.3. The number of hydrogen-bond acceptors (Lipinski definition) is 3. The molecule has 0 aromatic rings. The topological polar surface area (TPSA) is 55.6 Å². The van der Waals surface area contributed by atoms with Gasteiger partial charge >= 0.3 is 0 Å². The predicted molar refractivity (Wildman–Crippen MR) is 66.5 cm³/mol. The van der Waals surface area contributed by atoms with Gasteiger partial charge in [0.2, 0.25) is 5.91 Å². The van der Waals surface area contributed by atoms with E-state index < -0.39 is 0 Å². The summed E-state index contributed by atoms with van der Waals surface area (Å²) in [5.74, 6) is 0.234. The zero-order valence-corrected chi connectivity index (χ0v) is 10.9. The van der Waals surface area contributed by atoms with Crippen molar-refractivity contribution in [3.05, 3.63) is 0 Å². The number of amides is 1. The molecule has 0 aromatic carbocycles. The third-order valence-electron chi connectivity index (χ3n) is 4.60. The molecule has 2 atom stereocenters. The smallest absolute Gasteiger partial charge is 0.223 e. The Hall–Kier alpha value is -0.610. The van der Waals surface area contributed by atoms with E-state index in [2.05, 4.69) is 0 Å². The summed E-state index contributed by atoms with van der Waals surface area (Å²) in [7, 11) is 1.90. The molecule has 4 nitrogen and oxygen atoms in total. The SMILES string of the molecule is CC1OCCC1N(C)C(=O)CC1(CN)CCC1. The summed E-state index contributed by atoms with van der Waals surface area (Å²) in [6.45, 7) is 3.46. The van der Waals surface area contributed by atoms with Gasteiger partial charge in [0.1, 0.15) is 0 Å². The highest BCUT2D eigenvalue weighted by molar-refractivity contribution is 5.77. The molecule has 1 saturated carbocycles. The van der Waals surface area contributed by atoms with Gasteiger partial charge in [0.05, 0.1) is 12.1 Å². The Kier molecular flexibility index (Phi) is 3.73. The molecule has 1 aliphatic carbocycles. The molecular formula is C13H24N2O2. The van der Waals surface area contributed by atoms with Gasteiger partial charge in [-0.15, -0.1) is 0 Å². The summed E-state index contributed by atoms with van der Waals surface area (Å²) in [5.41, 5.74) is 5.91. The molecule has 1 saturated heterocycles. The second kappa shape index (κ2) is 4.94. The normalized spacial score (nSPS) is 31.0. The minimum atomic E-state index is 0.105. The average Bonchev–Trinajstić information content (AvgIpc) is 2.68. The number of rotatable bonds is 4. The molecule has 2 N–H and O–H groups in total. The van der Waals surface area contributed by atoms with E-state index in [9.17, 15) is 4.79 Å². The molecule has 0 radical (unpaired) electrons. The van der Waals surface area contributed by atoms with Crippen molar-refractivity contribution < 1.29 is 9.53 Å². The van der Waals surface area contributed by atoms with Crippen molar-refractivity contribution in [2.45, 2.75) is 51.2 Å². The number of hydrogen-bond donors (Lipinski definition) is 1. The Morgan fingerprint density at radius 3 is 2.65 bits per heavy atom. The zero-order valence-electron chi connectivity index (χ0n) is 10.9. The molecule has 17 heavy (non-hydrogen) atoms. The first-order chi connectivity index (χ1) is 8.08. The molecule has 2 fully saturated rings. The van der Waals surface area contributed by atoms with Gasteiger partial charge in [0.15, 0.2) is 0 Å². The second-order valence-electron chi connectivity index (χ2n) is 5.67. The highest BCUT2D eigenvalue weighted by Gasteiger charge is 2.40. The Morgan fingerprint density at radius 1 is 1.53 bits per heavy atom. The van der Waals surface area contributed by atoms with Crippen LogP contribution >= 0.6 is 0 Å². The van der Waals surface area contributed by atoms with E-state index >= 15 is 0 Å². The third-order valence-corrected chi connectivity index (χ3v) is 4.60. The van der Waals surface area contributed by atoms with Crippen LogP contribution in [0.15, 0.2) is 0 Å². The summed E-state index contributed by atoms with van der Waals surface area (Å²) in [6, 6.07) is 0.248. The molecule has 2 aliphatic rings. The van der Waals surface area contributed by atoms with Crippen LogP contribution in [0, 0.1) is 5.41 Å². The van der Waals surface area contributed by atoms with Crippen molar-refractivity contribution >= 4 is 5.91 Å². The van der Waals surface area contributed by atoms with Crippen LogP contribution in [0.25, 0.3) is 0 Å². The van der Waals surface area contributed by atoms with Gasteiger partial charge < -0.3 is 15.4 Å². The van der Waals surface area contributed by atoms with Gasteiger partial charge in [0, 0.05) is 20.1 Å². The second-order valence-corrected chi connectivity index (χ2v) is 5.67. The van der Waals surface area contributed by atoms with Crippen molar-refractivity contribution in [3.8, 4) is 0 Å². The number of likely N-dealkylation sites (N-methyl/N-ethyl adjacent to an activating group) is 1. The summed E-state index contributed by atoms with van der Waals surface area (Å²) in [5, 5.41) is 0. The number of nitrogens with two attached hydrogens (primary N) is 1. The maximum Gasteiger partial charge on any atom is 0.223 e. The van der Waals surface area contributed by atoms with E-state index in [4.69, 9.17) is 10.5 Å². The van der Waals surface area contributed by atoms with Crippen molar-refractivity contribution in [3.63, 3.8) is 0 Å². The molecule has 1 heterocycles. The van der Waals surface area contributed by atoms with E-state index in [0.29, 0.717) is 13.0 Å². The quantitative estimate of drug-likeness (QED) is 0.801. The average molecular weight is 240 g/mol. The first-order valence-corrected chi connectivity index (χ1v) is 6.65. The van der Waals surface area contributed by atoms with E-state index in [1.165, 1.54) is 6.42 Å². The van der Waals surface area contributed by atoms with Gasteiger partial charge in [-0.25, -0.2) is 0 Å². The molecule has 2 rings (SSSR count). The first-order valence-electron chi connectivity index (χ1n) is 6.65. The number of carbonyl (C=O) groups excluding carboxylic acids is 1. The first kappa shape index (κ1) is 12.8. The molecule has 1 aliphatic heterocycles. The van der Waals surface area contributed by atoms with Crippen LogP contribution in [0.5, 0.6) is 0 Å². The Balaban J connectivity index is 1.90. The molecular weight excluding hydrogens is 216 g/mol. The predicted octanol–water partition coefficient (Wildman–Crippen LogP) is 1.14. The third kappa shape index (κ3) is 2.47. The fourth-order valence-corrected chi connectivity index (χ4v) is 2.99. The van der Waals surface area contributed by atoms with Crippen LogP contribution in [0.1, 0.15) is 39.0 Å². The summed E-state index contributed by atoms with van der Waals surface area (Å²) < 4.78 is 5.51. The van der Waals surface area contributed by atoms with Crippen molar-refractivity contribution in [1.82, 2.24) is 4.90 Å². The van der Waals surface area contributed by atoms with E-state index in [-0.39, 0.29) is 23.5 Å². The van der Waals surface area contributed by atoms with Crippen LogP contribution in [0.3, 0.4) is 0 Å². The molecule has 0 aromatic heterocycles. The zero-order chi connectivity index (χ0) is 12.5. The summed E-state index contributed by atoms with van der Waals surface area (Å²) >= 11 is 0. The van der Waals surface area contributed by atoms with Crippen LogP contribution < -0.4 is 5.73 Å². The van der Waals surface area contributed by atoms with Crippen LogP contribution in [-0.2, 0) is 9.53 Å². The largest absolute Gasteiger partial charge is 0.376 e. The lowest BCUT2D eigenvalue weighted by Gasteiger charge is -2.42. The van der Waals surface area contributed by atoms with Crippen LogP contribution in [-0.4, -0.2) is 43.2 Å². The van der Waals surface area contributed by atoms with Gasteiger partial charge in [-0.2, -0.15) is 0 Å². The van der Waals surface area contributed by atoms with Crippen molar-refractivity contribution in [2.75, 3.05) is 20.2 Å². The molecule has 4 heteroatoms. The monoisotopic (exact) mass is 240 g/mol. The van der Waals surface area contributed by atoms with Gasteiger partial charge in [-0.05, 0) is 38.1 Å². The van der Waals surface area contributed by atoms with E-state index in [1.54, 1.807) is 0 Å². The number of carbonyl (C=O) groups is 1. The Labute approximate surface area is 103 Å². The Bertz CT molecular complexity index is 284. The lowest BCUT2D eigenvalue weighted by molar-refractivity contribution is -0.136. The van der Waals surface area contributed by atoms with Crippen molar-refractivity contribution in [1.29, 1.82) is 0 Å². The van der Waals surface area contributed by atoms with Crippen molar-refractivity contribution in [2.24, 2.45) is 11.1 Å². The fraction of sp³-hybridized carbons (Fsp3) is 0.923.